The molecule has 19 heavy (non-hydrogen) atoms. The maximum Gasteiger partial charge on any atom is 0.338 e. The summed E-state index contributed by atoms with van der Waals surface area (Å²) < 4.78 is 0. The number of likely N-dealkylation sites (tertiary alicyclic amines) is 1. The van der Waals surface area contributed by atoms with E-state index < -0.39 is 5.97 Å². The molecule has 1 aromatic heterocycles. The first kappa shape index (κ1) is 13.8. The molecule has 7 heteroatoms. The lowest BCUT2D eigenvalue weighted by molar-refractivity contribution is 0.0698. The van der Waals surface area contributed by atoms with Crippen LogP contribution in [0.1, 0.15) is 23.2 Å². The van der Waals surface area contributed by atoms with Crippen molar-refractivity contribution in [2.45, 2.75) is 12.8 Å². The standard InChI is InChI=1S/C12H16N2O4S/c15-7-8-1-4-14(5-2-8)12(18)13-10-9(11(16)17)3-6-19-10/h3,6,8,15H,1-2,4-5,7H2,(H,13,18)(H,16,17). The first-order valence-electron chi connectivity index (χ1n) is 6.09. The van der Waals surface area contributed by atoms with Crippen LogP contribution in [-0.2, 0) is 0 Å². The van der Waals surface area contributed by atoms with Gasteiger partial charge in [0.1, 0.15) is 5.00 Å². The molecule has 1 aliphatic rings. The van der Waals surface area contributed by atoms with Crippen molar-refractivity contribution in [1.29, 1.82) is 0 Å². The number of anilines is 1. The normalized spacial score (nSPS) is 16.4. The molecule has 0 spiro atoms. The molecule has 1 saturated heterocycles. The number of aliphatic hydroxyl groups is 1. The van der Waals surface area contributed by atoms with E-state index in [1.54, 1.807) is 10.3 Å². The van der Waals surface area contributed by atoms with E-state index >= 15 is 0 Å². The Morgan fingerprint density at radius 3 is 2.68 bits per heavy atom. The smallest absolute Gasteiger partial charge is 0.338 e. The molecule has 0 aliphatic carbocycles. The zero-order valence-corrected chi connectivity index (χ0v) is 11.2. The highest BCUT2D eigenvalue weighted by Gasteiger charge is 2.23. The number of nitrogens with zero attached hydrogens (tertiary/aromatic N) is 1. The Morgan fingerprint density at radius 2 is 2.11 bits per heavy atom. The molecule has 1 aromatic rings. The van der Waals surface area contributed by atoms with Crippen LogP contribution in [0.15, 0.2) is 11.4 Å². The van der Waals surface area contributed by atoms with Gasteiger partial charge in [0.05, 0.1) is 5.56 Å². The number of amides is 2. The van der Waals surface area contributed by atoms with E-state index in [2.05, 4.69) is 5.32 Å². The van der Waals surface area contributed by atoms with Gasteiger partial charge in [-0.25, -0.2) is 9.59 Å². The maximum absolute atomic E-state index is 12.0. The summed E-state index contributed by atoms with van der Waals surface area (Å²) in [7, 11) is 0. The molecular weight excluding hydrogens is 268 g/mol. The third-order valence-corrected chi connectivity index (χ3v) is 4.11. The minimum Gasteiger partial charge on any atom is -0.478 e. The lowest BCUT2D eigenvalue weighted by Crippen LogP contribution is -2.41. The van der Waals surface area contributed by atoms with E-state index in [4.69, 9.17) is 10.2 Å². The van der Waals surface area contributed by atoms with Crippen LogP contribution in [0.25, 0.3) is 0 Å². The molecule has 0 aromatic carbocycles. The lowest BCUT2D eigenvalue weighted by atomic mass is 9.98. The second-order valence-electron chi connectivity index (χ2n) is 4.51. The van der Waals surface area contributed by atoms with Crippen LogP contribution >= 0.6 is 11.3 Å². The Balaban J connectivity index is 1.94. The lowest BCUT2D eigenvalue weighted by Gasteiger charge is -2.31. The van der Waals surface area contributed by atoms with Gasteiger partial charge in [0.15, 0.2) is 0 Å². The third-order valence-electron chi connectivity index (χ3n) is 3.28. The van der Waals surface area contributed by atoms with Gasteiger partial charge < -0.3 is 15.1 Å². The molecule has 3 N–H and O–H groups in total. The number of aliphatic hydroxyl groups excluding tert-OH is 1. The average molecular weight is 284 g/mol. The third kappa shape index (κ3) is 3.24. The summed E-state index contributed by atoms with van der Waals surface area (Å²) in [5.41, 5.74) is 0.114. The highest BCUT2D eigenvalue weighted by Crippen LogP contribution is 2.24. The monoisotopic (exact) mass is 284 g/mol. The summed E-state index contributed by atoms with van der Waals surface area (Å²) >= 11 is 1.20. The minimum atomic E-state index is -1.05. The molecule has 0 atom stereocenters. The fourth-order valence-electron chi connectivity index (χ4n) is 2.07. The Kier molecular flexibility index (Phi) is 4.39. The Morgan fingerprint density at radius 1 is 1.42 bits per heavy atom. The van der Waals surface area contributed by atoms with Crippen molar-refractivity contribution in [3.05, 3.63) is 17.0 Å². The Labute approximate surface area is 114 Å². The minimum absolute atomic E-state index is 0.114. The molecule has 6 nitrogen and oxygen atoms in total. The number of carbonyl (C=O) groups excluding carboxylic acids is 1. The first-order chi connectivity index (χ1) is 9.11. The number of carboxylic acid groups (broad SMARTS) is 1. The van der Waals surface area contributed by atoms with Crippen molar-refractivity contribution in [3.63, 3.8) is 0 Å². The maximum atomic E-state index is 12.0. The molecule has 0 radical (unpaired) electrons. The number of urea groups is 1. The molecule has 0 unspecified atom stereocenters. The highest BCUT2D eigenvalue weighted by atomic mass is 32.1. The Bertz CT molecular complexity index is 466. The topological polar surface area (TPSA) is 89.9 Å². The first-order valence-corrected chi connectivity index (χ1v) is 6.97. The summed E-state index contributed by atoms with van der Waals surface area (Å²) in [4.78, 5) is 24.6. The van der Waals surface area contributed by atoms with Crippen molar-refractivity contribution in [2.75, 3.05) is 25.0 Å². The van der Waals surface area contributed by atoms with Gasteiger partial charge in [0.25, 0.3) is 0 Å². The summed E-state index contributed by atoms with van der Waals surface area (Å²) in [6.45, 7) is 1.33. The molecule has 2 heterocycles. The quantitative estimate of drug-likeness (QED) is 0.787. The second-order valence-corrected chi connectivity index (χ2v) is 5.43. The number of piperidine rings is 1. The van der Waals surface area contributed by atoms with E-state index in [0.717, 1.165) is 12.8 Å². The van der Waals surface area contributed by atoms with Crippen molar-refractivity contribution in [3.8, 4) is 0 Å². The van der Waals surface area contributed by atoms with Crippen LogP contribution in [0.3, 0.4) is 0 Å². The predicted octanol–water partition coefficient (Wildman–Crippen LogP) is 1.68. The molecule has 2 rings (SSSR count). The number of carbonyl (C=O) groups is 2. The average Bonchev–Trinajstić information content (AvgIpc) is 2.87. The van der Waals surface area contributed by atoms with Crippen molar-refractivity contribution in [1.82, 2.24) is 4.90 Å². The molecule has 104 valence electrons. The highest BCUT2D eigenvalue weighted by molar-refractivity contribution is 7.14. The second kappa shape index (κ2) is 6.03. The van der Waals surface area contributed by atoms with Gasteiger partial charge >= 0.3 is 12.0 Å². The zero-order valence-electron chi connectivity index (χ0n) is 10.3. The Hall–Kier alpha value is -1.60. The number of hydrogen-bond acceptors (Lipinski definition) is 4. The fourth-order valence-corrected chi connectivity index (χ4v) is 2.84. The number of hydrogen-bond donors (Lipinski definition) is 3. The van der Waals surface area contributed by atoms with E-state index in [1.807, 2.05) is 0 Å². The van der Waals surface area contributed by atoms with Gasteiger partial charge in [-0.05, 0) is 30.2 Å². The number of thiophene rings is 1. The van der Waals surface area contributed by atoms with Gasteiger partial charge in [-0.3, -0.25) is 5.32 Å². The van der Waals surface area contributed by atoms with Gasteiger partial charge in [-0.15, -0.1) is 11.3 Å². The van der Waals surface area contributed by atoms with Gasteiger partial charge in [-0.2, -0.15) is 0 Å². The van der Waals surface area contributed by atoms with E-state index in [9.17, 15) is 9.59 Å². The number of carboxylic acids is 1. The van der Waals surface area contributed by atoms with E-state index in [1.165, 1.54) is 17.4 Å². The molecule has 0 bridgehead atoms. The fraction of sp³-hybridized carbons (Fsp3) is 0.500. The van der Waals surface area contributed by atoms with Crippen LogP contribution < -0.4 is 5.32 Å². The van der Waals surface area contributed by atoms with Gasteiger partial charge in [-0.1, -0.05) is 0 Å². The van der Waals surface area contributed by atoms with E-state index in [0.29, 0.717) is 18.1 Å². The molecular formula is C12H16N2O4S. The summed E-state index contributed by atoms with van der Waals surface area (Å²) in [5.74, 6) is -0.782. The SMILES string of the molecule is O=C(O)c1ccsc1NC(=O)N1CCC(CO)CC1. The number of nitrogens with one attached hydrogen (secondary N) is 1. The largest absolute Gasteiger partial charge is 0.478 e. The van der Waals surface area contributed by atoms with Crippen molar-refractivity contribution >= 4 is 28.3 Å². The summed E-state index contributed by atoms with van der Waals surface area (Å²) in [5, 5.41) is 22.6. The number of rotatable bonds is 3. The van der Waals surface area contributed by atoms with Crippen LogP contribution in [0, 0.1) is 5.92 Å². The van der Waals surface area contributed by atoms with Crippen molar-refractivity contribution < 1.29 is 19.8 Å². The number of aromatic carboxylic acids is 1. The van der Waals surface area contributed by atoms with Gasteiger partial charge in [0, 0.05) is 19.7 Å². The molecule has 2 amide bonds. The van der Waals surface area contributed by atoms with Crippen LogP contribution in [0.4, 0.5) is 9.80 Å². The predicted molar refractivity (Wildman–Crippen MR) is 71.7 cm³/mol. The molecule has 1 fully saturated rings. The van der Waals surface area contributed by atoms with E-state index in [-0.39, 0.29) is 24.1 Å². The van der Waals surface area contributed by atoms with Crippen LogP contribution in [-0.4, -0.2) is 46.8 Å². The van der Waals surface area contributed by atoms with Gasteiger partial charge in [0.2, 0.25) is 0 Å². The molecule has 0 saturated carbocycles. The summed E-state index contributed by atoms with van der Waals surface area (Å²) in [6, 6.07) is 1.20. The summed E-state index contributed by atoms with van der Waals surface area (Å²) in [6.07, 6.45) is 1.56. The van der Waals surface area contributed by atoms with Crippen LogP contribution in [0.2, 0.25) is 0 Å². The van der Waals surface area contributed by atoms with Crippen LogP contribution in [0.5, 0.6) is 0 Å². The molecule has 1 aliphatic heterocycles. The zero-order chi connectivity index (χ0) is 13.8. The van der Waals surface area contributed by atoms with Crippen molar-refractivity contribution in [2.24, 2.45) is 5.92 Å².